The topological polar surface area (TPSA) is 107 Å². The van der Waals surface area contributed by atoms with E-state index in [1.54, 1.807) is 18.7 Å². The van der Waals surface area contributed by atoms with Gasteiger partial charge >= 0.3 is 0 Å². The molecule has 3 saturated heterocycles. The van der Waals surface area contributed by atoms with Crippen LogP contribution in [0.2, 0.25) is 0 Å². The van der Waals surface area contributed by atoms with E-state index in [2.05, 4.69) is 15.0 Å². The zero-order valence-electron chi connectivity index (χ0n) is 20.4. The molecule has 3 aliphatic heterocycles. The van der Waals surface area contributed by atoms with Crippen LogP contribution in [0.15, 0.2) is 9.42 Å². The largest absolute Gasteiger partial charge is 0.360 e. The zero-order valence-corrected chi connectivity index (χ0v) is 21.2. The van der Waals surface area contributed by atoms with Crippen LogP contribution < -0.4 is 0 Å². The third-order valence-corrected chi connectivity index (χ3v) is 9.51. The molecule has 1 aromatic heterocycles. The number of likely N-dealkylation sites (tertiary alicyclic amines) is 2. The summed E-state index contributed by atoms with van der Waals surface area (Å²) in [6, 6.07) is 0. The molecule has 0 saturated carbocycles. The number of carbonyl (C=O) groups excluding carboxylic acids is 2. The number of hydrogen-bond donors (Lipinski definition) is 0. The van der Waals surface area contributed by atoms with Gasteiger partial charge in [0.25, 0.3) is 0 Å². The summed E-state index contributed by atoms with van der Waals surface area (Å²) in [5.74, 6) is 0.673. The van der Waals surface area contributed by atoms with Crippen molar-refractivity contribution in [3.63, 3.8) is 0 Å². The van der Waals surface area contributed by atoms with Crippen LogP contribution in [0.25, 0.3) is 0 Å². The molecule has 0 aromatic carbocycles. The average molecular weight is 496 g/mol. The van der Waals surface area contributed by atoms with E-state index in [4.69, 9.17) is 4.52 Å². The highest BCUT2D eigenvalue weighted by molar-refractivity contribution is 7.89. The molecule has 0 aliphatic carbocycles. The number of carbonyl (C=O) groups is 2. The highest BCUT2D eigenvalue weighted by Gasteiger charge is 2.35. The molecule has 0 unspecified atom stereocenters. The first-order chi connectivity index (χ1) is 16.3. The van der Waals surface area contributed by atoms with Gasteiger partial charge in [0.1, 0.15) is 10.6 Å². The predicted molar refractivity (Wildman–Crippen MR) is 126 cm³/mol. The van der Waals surface area contributed by atoms with Gasteiger partial charge in [-0.15, -0.1) is 0 Å². The number of rotatable bonds is 5. The van der Waals surface area contributed by atoms with Crippen molar-refractivity contribution in [1.29, 1.82) is 0 Å². The normalized spacial score (nSPS) is 22.1. The van der Waals surface area contributed by atoms with E-state index in [0.717, 1.165) is 51.9 Å². The lowest BCUT2D eigenvalue weighted by Crippen LogP contribution is -2.53. The minimum Gasteiger partial charge on any atom is -0.360 e. The number of piperazine rings is 1. The van der Waals surface area contributed by atoms with Gasteiger partial charge in [0, 0.05) is 45.2 Å². The standard InChI is InChI=1S/C23H37N5O5S/c1-18-22(19(2)33-24-18)34(31,32)28-15-13-26(14-16-28)21(29)17-25-11-7-20(8-12-25)23(30)27-9-5-3-4-6-10-27/h20H,3-17H2,1-2H3. The lowest BCUT2D eigenvalue weighted by Gasteiger charge is -2.37. The van der Waals surface area contributed by atoms with Gasteiger partial charge in [-0.2, -0.15) is 4.31 Å². The van der Waals surface area contributed by atoms with Gasteiger partial charge in [-0.1, -0.05) is 18.0 Å². The van der Waals surface area contributed by atoms with Crippen molar-refractivity contribution < 1.29 is 22.5 Å². The van der Waals surface area contributed by atoms with Crippen molar-refractivity contribution in [3.8, 4) is 0 Å². The molecule has 3 aliphatic rings. The van der Waals surface area contributed by atoms with Gasteiger partial charge in [0.2, 0.25) is 21.8 Å². The second-order valence-electron chi connectivity index (χ2n) is 9.73. The molecule has 4 heterocycles. The monoisotopic (exact) mass is 495 g/mol. The SMILES string of the molecule is Cc1noc(C)c1S(=O)(=O)N1CCN(C(=O)CN2CCC(C(=O)N3CCCCCC3)CC2)CC1. The molecule has 0 bridgehead atoms. The summed E-state index contributed by atoms with van der Waals surface area (Å²) in [5.41, 5.74) is 0.355. The minimum atomic E-state index is -3.69. The lowest BCUT2D eigenvalue weighted by molar-refractivity contribution is -0.137. The first-order valence-corrected chi connectivity index (χ1v) is 13.9. The molecule has 2 amide bonds. The molecular weight excluding hydrogens is 458 g/mol. The Kier molecular flexibility index (Phi) is 7.94. The summed E-state index contributed by atoms with van der Waals surface area (Å²) >= 11 is 0. The Morgan fingerprint density at radius 1 is 0.882 bits per heavy atom. The number of sulfonamides is 1. The second kappa shape index (κ2) is 10.7. The molecule has 34 heavy (non-hydrogen) atoms. The highest BCUT2D eigenvalue weighted by atomic mass is 32.2. The maximum Gasteiger partial charge on any atom is 0.248 e. The Labute approximate surface area is 202 Å². The van der Waals surface area contributed by atoms with Crippen LogP contribution in [0.1, 0.15) is 50.0 Å². The van der Waals surface area contributed by atoms with E-state index in [1.807, 2.05) is 0 Å². The molecular formula is C23H37N5O5S. The molecule has 190 valence electrons. The summed E-state index contributed by atoms with van der Waals surface area (Å²) in [7, 11) is -3.69. The maximum atomic E-state index is 13.0. The molecule has 4 rings (SSSR count). The Morgan fingerprint density at radius 2 is 1.50 bits per heavy atom. The quantitative estimate of drug-likeness (QED) is 0.605. The van der Waals surface area contributed by atoms with Crippen LogP contribution in [0, 0.1) is 19.8 Å². The Hall–Kier alpha value is -1.98. The van der Waals surface area contributed by atoms with Crippen LogP contribution in [0.3, 0.4) is 0 Å². The first kappa shape index (κ1) is 25.1. The fraction of sp³-hybridized carbons (Fsp3) is 0.783. The number of amides is 2. The van der Waals surface area contributed by atoms with Crippen molar-refractivity contribution in [2.75, 3.05) is 58.9 Å². The van der Waals surface area contributed by atoms with Crippen LogP contribution in [0.4, 0.5) is 0 Å². The summed E-state index contributed by atoms with van der Waals surface area (Å²) < 4.78 is 32.4. The smallest absolute Gasteiger partial charge is 0.248 e. The van der Waals surface area contributed by atoms with Crippen molar-refractivity contribution in [3.05, 3.63) is 11.5 Å². The molecule has 0 spiro atoms. The number of aryl methyl sites for hydroxylation is 2. The molecule has 10 nitrogen and oxygen atoms in total. The second-order valence-corrected chi connectivity index (χ2v) is 11.6. The summed E-state index contributed by atoms with van der Waals surface area (Å²) in [6.45, 7) is 8.04. The Bertz CT molecular complexity index is 950. The highest BCUT2D eigenvalue weighted by Crippen LogP contribution is 2.25. The van der Waals surface area contributed by atoms with Crippen molar-refractivity contribution >= 4 is 21.8 Å². The third-order valence-electron chi connectivity index (χ3n) is 7.37. The zero-order chi connectivity index (χ0) is 24.3. The van der Waals surface area contributed by atoms with E-state index >= 15 is 0 Å². The maximum absolute atomic E-state index is 13.0. The Morgan fingerprint density at radius 3 is 2.06 bits per heavy atom. The molecule has 0 atom stereocenters. The summed E-state index contributed by atoms with van der Waals surface area (Å²) in [5, 5.41) is 3.76. The fourth-order valence-electron chi connectivity index (χ4n) is 5.33. The van der Waals surface area contributed by atoms with Gasteiger partial charge < -0.3 is 14.3 Å². The van der Waals surface area contributed by atoms with Gasteiger partial charge in [0.05, 0.1) is 6.54 Å². The number of hydrogen-bond acceptors (Lipinski definition) is 7. The molecule has 11 heteroatoms. The van der Waals surface area contributed by atoms with Crippen LogP contribution >= 0.6 is 0 Å². The number of nitrogens with zero attached hydrogens (tertiary/aromatic N) is 5. The number of aromatic nitrogens is 1. The predicted octanol–water partition coefficient (Wildman–Crippen LogP) is 1.24. The van der Waals surface area contributed by atoms with E-state index in [-0.39, 0.29) is 35.6 Å². The molecule has 3 fully saturated rings. The van der Waals surface area contributed by atoms with E-state index in [9.17, 15) is 18.0 Å². The first-order valence-electron chi connectivity index (χ1n) is 12.5. The average Bonchev–Trinajstić information content (AvgIpc) is 3.02. The number of piperidine rings is 1. The van der Waals surface area contributed by atoms with Crippen LogP contribution in [-0.2, 0) is 19.6 Å². The van der Waals surface area contributed by atoms with Crippen molar-refractivity contribution in [2.24, 2.45) is 5.92 Å². The molecule has 1 aromatic rings. The van der Waals surface area contributed by atoms with Crippen molar-refractivity contribution in [2.45, 2.75) is 57.3 Å². The van der Waals surface area contributed by atoms with Crippen molar-refractivity contribution in [1.82, 2.24) is 24.2 Å². The minimum absolute atomic E-state index is 0.0201. The van der Waals surface area contributed by atoms with E-state index < -0.39 is 10.0 Å². The third kappa shape index (κ3) is 5.46. The van der Waals surface area contributed by atoms with E-state index in [0.29, 0.717) is 31.2 Å². The van der Waals surface area contributed by atoms with Gasteiger partial charge in [-0.3, -0.25) is 14.5 Å². The summed E-state index contributed by atoms with van der Waals surface area (Å²) in [6.07, 6.45) is 6.23. The summed E-state index contributed by atoms with van der Waals surface area (Å²) in [4.78, 5) is 31.8. The Balaban J connectivity index is 1.23. The van der Waals surface area contributed by atoms with Crippen LogP contribution in [0.5, 0.6) is 0 Å². The lowest BCUT2D eigenvalue weighted by atomic mass is 9.95. The molecule has 0 N–H and O–H groups in total. The van der Waals surface area contributed by atoms with Crippen LogP contribution in [-0.4, -0.2) is 103 Å². The van der Waals surface area contributed by atoms with E-state index in [1.165, 1.54) is 17.1 Å². The molecule has 0 radical (unpaired) electrons. The fourth-order valence-corrected chi connectivity index (χ4v) is 7.04. The van der Waals surface area contributed by atoms with Gasteiger partial charge in [-0.05, 0) is 52.6 Å². The van der Waals surface area contributed by atoms with Gasteiger partial charge in [0.15, 0.2) is 5.76 Å². The van der Waals surface area contributed by atoms with Gasteiger partial charge in [-0.25, -0.2) is 8.42 Å².